The van der Waals surface area contributed by atoms with Gasteiger partial charge in [-0.25, -0.2) is 0 Å². The van der Waals surface area contributed by atoms with Crippen molar-refractivity contribution in [1.82, 2.24) is 4.90 Å². The zero-order valence-corrected chi connectivity index (χ0v) is 19.3. The van der Waals surface area contributed by atoms with E-state index in [1.165, 1.54) is 4.90 Å². The smallest absolute Gasteiger partial charge is 0.243 e. The number of rotatable bonds is 12. The van der Waals surface area contributed by atoms with E-state index in [-0.39, 0.29) is 37.0 Å². The molecule has 0 heterocycles. The number of Topliss-reactive ketones (excluding diaryl/α,β-unsaturated/α-hetero) is 1. The van der Waals surface area contributed by atoms with Gasteiger partial charge in [0.1, 0.15) is 0 Å². The summed E-state index contributed by atoms with van der Waals surface area (Å²) in [7, 11) is 1.55. The van der Waals surface area contributed by atoms with Gasteiger partial charge in [0.05, 0.1) is 19.8 Å². The number of anilines is 1. The number of amides is 2. The summed E-state index contributed by atoms with van der Waals surface area (Å²) < 4.78 is 11.1. The third-order valence-electron chi connectivity index (χ3n) is 4.88. The second-order valence-corrected chi connectivity index (χ2v) is 7.30. The summed E-state index contributed by atoms with van der Waals surface area (Å²) in [5, 5.41) is 2.76. The van der Waals surface area contributed by atoms with Gasteiger partial charge in [0.25, 0.3) is 0 Å². The summed E-state index contributed by atoms with van der Waals surface area (Å²) in [5.41, 5.74) is 2.30. The van der Waals surface area contributed by atoms with Crippen molar-refractivity contribution < 1.29 is 23.9 Å². The SMILES string of the molecule is CCOc1ccc(NC(=O)CN(C)C(=O)CCC(=O)c2ccc(CC)cc2)cc1OCC. The molecule has 0 fully saturated rings. The molecule has 2 aromatic rings. The van der Waals surface area contributed by atoms with Gasteiger partial charge < -0.3 is 19.7 Å². The van der Waals surface area contributed by atoms with Crippen molar-refractivity contribution >= 4 is 23.3 Å². The van der Waals surface area contributed by atoms with Gasteiger partial charge in [-0.1, -0.05) is 31.2 Å². The first kappa shape index (κ1) is 24.9. The van der Waals surface area contributed by atoms with E-state index >= 15 is 0 Å². The second kappa shape index (κ2) is 12.5. The van der Waals surface area contributed by atoms with Gasteiger partial charge in [-0.15, -0.1) is 0 Å². The van der Waals surface area contributed by atoms with Crippen LogP contribution in [0.4, 0.5) is 5.69 Å². The van der Waals surface area contributed by atoms with E-state index in [0.29, 0.717) is 36.0 Å². The summed E-state index contributed by atoms with van der Waals surface area (Å²) in [5.74, 6) is 0.460. The third kappa shape index (κ3) is 7.41. The van der Waals surface area contributed by atoms with Crippen LogP contribution in [-0.2, 0) is 16.0 Å². The molecule has 32 heavy (non-hydrogen) atoms. The van der Waals surface area contributed by atoms with Crippen LogP contribution in [0.5, 0.6) is 11.5 Å². The first-order valence-electron chi connectivity index (χ1n) is 10.9. The fourth-order valence-corrected chi connectivity index (χ4v) is 3.11. The molecule has 0 unspecified atom stereocenters. The number of benzene rings is 2. The molecule has 7 heteroatoms. The molecule has 2 aromatic carbocycles. The standard InChI is InChI=1S/C25H32N2O5/c1-5-18-8-10-19(11-9-18)21(28)13-15-25(30)27(4)17-24(29)26-20-12-14-22(31-6-2)23(16-20)32-7-3/h8-12,14,16H,5-7,13,15,17H2,1-4H3,(H,26,29). The Morgan fingerprint density at radius 3 is 2.16 bits per heavy atom. The molecule has 0 bridgehead atoms. The minimum absolute atomic E-state index is 0.0513. The fraction of sp³-hybridized carbons (Fsp3) is 0.400. The summed E-state index contributed by atoms with van der Waals surface area (Å²) in [6, 6.07) is 12.6. The zero-order chi connectivity index (χ0) is 23.5. The molecule has 7 nitrogen and oxygen atoms in total. The highest BCUT2D eigenvalue weighted by Gasteiger charge is 2.16. The molecule has 0 aliphatic rings. The van der Waals surface area contributed by atoms with Crippen LogP contribution in [0.3, 0.4) is 0 Å². The molecule has 0 aliphatic heterocycles. The van der Waals surface area contributed by atoms with Gasteiger partial charge in [0.2, 0.25) is 11.8 Å². The van der Waals surface area contributed by atoms with Gasteiger partial charge >= 0.3 is 0 Å². The van der Waals surface area contributed by atoms with E-state index < -0.39 is 0 Å². The number of hydrogen-bond acceptors (Lipinski definition) is 5. The number of aryl methyl sites for hydroxylation is 1. The molecule has 0 aromatic heterocycles. The molecule has 1 N–H and O–H groups in total. The van der Waals surface area contributed by atoms with Crippen molar-refractivity contribution in [3.05, 3.63) is 53.6 Å². The Labute approximate surface area is 189 Å². The summed E-state index contributed by atoms with van der Waals surface area (Å²) in [6.07, 6.45) is 1.06. The van der Waals surface area contributed by atoms with E-state index in [4.69, 9.17) is 9.47 Å². The normalized spacial score (nSPS) is 10.4. The minimum Gasteiger partial charge on any atom is -0.490 e. The lowest BCUT2D eigenvalue weighted by Crippen LogP contribution is -2.35. The molecule has 0 radical (unpaired) electrons. The summed E-state index contributed by atoms with van der Waals surface area (Å²) in [4.78, 5) is 38.4. The van der Waals surface area contributed by atoms with Crippen molar-refractivity contribution in [2.75, 3.05) is 32.1 Å². The predicted octanol–water partition coefficient (Wildman–Crippen LogP) is 4.11. The van der Waals surface area contributed by atoms with Crippen LogP contribution in [-0.4, -0.2) is 49.3 Å². The Balaban J connectivity index is 1.86. The van der Waals surface area contributed by atoms with Gasteiger partial charge in [0.15, 0.2) is 17.3 Å². The highest BCUT2D eigenvalue weighted by molar-refractivity contribution is 5.99. The lowest BCUT2D eigenvalue weighted by molar-refractivity contribution is -0.133. The first-order valence-corrected chi connectivity index (χ1v) is 10.9. The van der Waals surface area contributed by atoms with Crippen LogP contribution >= 0.6 is 0 Å². The maximum atomic E-state index is 12.4. The number of carbonyl (C=O) groups is 3. The predicted molar refractivity (Wildman–Crippen MR) is 124 cm³/mol. The molecular formula is C25H32N2O5. The van der Waals surface area contributed by atoms with Crippen LogP contribution in [0.15, 0.2) is 42.5 Å². The highest BCUT2D eigenvalue weighted by Crippen LogP contribution is 2.30. The number of nitrogens with zero attached hydrogens (tertiary/aromatic N) is 1. The van der Waals surface area contributed by atoms with Crippen LogP contribution in [0.1, 0.15) is 49.5 Å². The van der Waals surface area contributed by atoms with Crippen molar-refractivity contribution in [2.45, 2.75) is 40.0 Å². The maximum Gasteiger partial charge on any atom is 0.243 e. The van der Waals surface area contributed by atoms with Gasteiger partial charge in [0, 0.05) is 37.2 Å². The average Bonchev–Trinajstić information content (AvgIpc) is 2.79. The van der Waals surface area contributed by atoms with E-state index in [1.54, 1.807) is 37.4 Å². The minimum atomic E-state index is -0.339. The van der Waals surface area contributed by atoms with Gasteiger partial charge in [-0.3, -0.25) is 14.4 Å². The average molecular weight is 441 g/mol. The fourth-order valence-electron chi connectivity index (χ4n) is 3.11. The van der Waals surface area contributed by atoms with E-state index in [2.05, 4.69) is 12.2 Å². The van der Waals surface area contributed by atoms with Crippen molar-refractivity contribution in [3.8, 4) is 11.5 Å². The van der Waals surface area contributed by atoms with Crippen LogP contribution in [0, 0.1) is 0 Å². The first-order chi connectivity index (χ1) is 15.4. The number of likely N-dealkylation sites (N-methyl/N-ethyl adjacent to an activating group) is 1. The van der Waals surface area contributed by atoms with E-state index in [0.717, 1.165) is 12.0 Å². The Bertz CT molecular complexity index is 924. The van der Waals surface area contributed by atoms with Crippen molar-refractivity contribution in [1.29, 1.82) is 0 Å². The lowest BCUT2D eigenvalue weighted by atomic mass is 10.0. The Hall–Kier alpha value is -3.35. The van der Waals surface area contributed by atoms with E-state index in [1.807, 2.05) is 26.0 Å². The Morgan fingerprint density at radius 2 is 1.53 bits per heavy atom. The lowest BCUT2D eigenvalue weighted by Gasteiger charge is -2.17. The number of ketones is 1. The Kier molecular flexibility index (Phi) is 9.73. The largest absolute Gasteiger partial charge is 0.490 e. The third-order valence-corrected chi connectivity index (χ3v) is 4.88. The van der Waals surface area contributed by atoms with Crippen molar-refractivity contribution in [3.63, 3.8) is 0 Å². The van der Waals surface area contributed by atoms with Crippen LogP contribution < -0.4 is 14.8 Å². The molecule has 0 saturated heterocycles. The van der Waals surface area contributed by atoms with Gasteiger partial charge in [-0.05, 0) is 38.0 Å². The monoisotopic (exact) mass is 440 g/mol. The topological polar surface area (TPSA) is 84.9 Å². The van der Waals surface area contributed by atoms with Crippen LogP contribution in [0.25, 0.3) is 0 Å². The number of ether oxygens (including phenoxy) is 2. The molecule has 2 amide bonds. The quantitative estimate of drug-likeness (QED) is 0.502. The van der Waals surface area contributed by atoms with Crippen molar-refractivity contribution in [2.24, 2.45) is 0 Å². The molecule has 2 rings (SSSR count). The van der Waals surface area contributed by atoms with E-state index in [9.17, 15) is 14.4 Å². The zero-order valence-electron chi connectivity index (χ0n) is 19.3. The molecular weight excluding hydrogens is 408 g/mol. The number of nitrogens with one attached hydrogen (secondary N) is 1. The molecule has 0 aliphatic carbocycles. The molecule has 172 valence electrons. The molecule has 0 spiro atoms. The highest BCUT2D eigenvalue weighted by atomic mass is 16.5. The maximum absolute atomic E-state index is 12.4. The van der Waals surface area contributed by atoms with Gasteiger partial charge in [-0.2, -0.15) is 0 Å². The number of hydrogen-bond donors (Lipinski definition) is 1. The molecule has 0 atom stereocenters. The summed E-state index contributed by atoms with van der Waals surface area (Å²) in [6.45, 7) is 6.66. The summed E-state index contributed by atoms with van der Waals surface area (Å²) >= 11 is 0. The Morgan fingerprint density at radius 1 is 0.875 bits per heavy atom. The molecule has 0 saturated carbocycles. The second-order valence-electron chi connectivity index (χ2n) is 7.30. The number of carbonyl (C=O) groups excluding carboxylic acids is 3. The van der Waals surface area contributed by atoms with Crippen LogP contribution in [0.2, 0.25) is 0 Å².